The molecule has 0 saturated carbocycles. The SMILES string of the molecule is COc1ccc(C(O)CCO)c(C)c1C. The van der Waals surface area contributed by atoms with E-state index in [4.69, 9.17) is 9.84 Å². The number of aliphatic hydroxyl groups is 2. The summed E-state index contributed by atoms with van der Waals surface area (Å²) in [7, 11) is 1.63. The van der Waals surface area contributed by atoms with E-state index in [-0.39, 0.29) is 6.61 Å². The second-order valence-electron chi connectivity index (χ2n) is 3.64. The lowest BCUT2D eigenvalue weighted by molar-refractivity contribution is 0.133. The normalized spacial score (nSPS) is 12.6. The molecule has 1 atom stereocenters. The average Bonchev–Trinajstić information content (AvgIpc) is 2.22. The molecule has 0 saturated heterocycles. The number of benzene rings is 1. The highest BCUT2D eigenvalue weighted by atomic mass is 16.5. The van der Waals surface area contributed by atoms with E-state index in [0.29, 0.717) is 6.42 Å². The molecule has 0 aliphatic rings. The molecule has 0 amide bonds. The fourth-order valence-corrected chi connectivity index (χ4v) is 1.68. The minimum absolute atomic E-state index is 0.00825. The summed E-state index contributed by atoms with van der Waals surface area (Å²) in [6.07, 6.45) is -0.230. The van der Waals surface area contributed by atoms with Crippen LogP contribution in [0.1, 0.15) is 29.2 Å². The lowest BCUT2D eigenvalue weighted by Crippen LogP contribution is -2.04. The molecule has 0 spiro atoms. The van der Waals surface area contributed by atoms with Crippen LogP contribution in [0.25, 0.3) is 0 Å². The molecule has 0 fully saturated rings. The van der Waals surface area contributed by atoms with Crippen LogP contribution in [0.4, 0.5) is 0 Å². The third kappa shape index (κ3) is 2.49. The Morgan fingerprint density at radius 3 is 2.47 bits per heavy atom. The van der Waals surface area contributed by atoms with E-state index in [1.54, 1.807) is 7.11 Å². The van der Waals surface area contributed by atoms with Gasteiger partial charge in [-0.05, 0) is 36.6 Å². The largest absolute Gasteiger partial charge is 0.496 e. The fourth-order valence-electron chi connectivity index (χ4n) is 1.68. The van der Waals surface area contributed by atoms with E-state index in [1.165, 1.54) is 0 Å². The molecular formula is C12H18O3. The highest BCUT2D eigenvalue weighted by molar-refractivity contribution is 5.44. The average molecular weight is 210 g/mol. The molecule has 1 rings (SSSR count). The first-order valence-corrected chi connectivity index (χ1v) is 5.04. The molecule has 1 aromatic rings. The van der Waals surface area contributed by atoms with Gasteiger partial charge >= 0.3 is 0 Å². The first-order valence-electron chi connectivity index (χ1n) is 5.04. The number of methoxy groups -OCH3 is 1. The first kappa shape index (κ1) is 12.0. The maximum atomic E-state index is 9.79. The molecule has 1 unspecified atom stereocenters. The summed E-state index contributed by atoms with van der Waals surface area (Å²) in [5, 5.41) is 18.6. The van der Waals surface area contributed by atoms with Crippen LogP contribution in [0.2, 0.25) is 0 Å². The van der Waals surface area contributed by atoms with Gasteiger partial charge in [0.1, 0.15) is 5.75 Å². The van der Waals surface area contributed by atoms with E-state index in [2.05, 4.69) is 0 Å². The molecule has 0 bridgehead atoms. The highest BCUT2D eigenvalue weighted by Gasteiger charge is 2.13. The minimum Gasteiger partial charge on any atom is -0.496 e. The maximum Gasteiger partial charge on any atom is 0.122 e. The lowest BCUT2D eigenvalue weighted by Gasteiger charge is -2.16. The Bertz CT molecular complexity index is 334. The van der Waals surface area contributed by atoms with Gasteiger partial charge in [-0.25, -0.2) is 0 Å². The van der Waals surface area contributed by atoms with Crippen molar-refractivity contribution >= 4 is 0 Å². The van der Waals surface area contributed by atoms with Crippen molar-refractivity contribution in [3.8, 4) is 5.75 Å². The second kappa shape index (κ2) is 5.14. The predicted molar refractivity (Wildman–Crippen MR) is 59.1 cm³/mol. The van der Waals surface area contributed by atoms with Crippen LogP contribution in [0.3, 0.4) is 0 Å². The van der Waals surface area contributed by atoms with Crippen molar-refractivity contribution in [2.24, 2.45) is 0 Å². The van der Waals surface area contributed by atoms with Crippen molar-refractivity contribution in [3.63, 3.8) is 0 Å². The molecule has 15 heavy (non-hydrogen) atoms. The van der Waals surface area contributed by atoms with Gasteiger partial charge in [0.05, 0.1) is 13.2 Å². The van der Waals surface area contributed by atoms with Crippen LogP contribution in [0, 0.1) is 13.8 Å². The Morgan fingerprint density at radius 1 is 1.27 bits per heavy atom. The maximum absolute atomic E-state index is 9.79. The van der Waals surface area contributed by atoms with Gasteiger partial charge in [-0.3, -0.25) is 0 Å². The zero-order valence-electron chi connectivity index (χ0n) is 9.45. The number of rotatable bonds is 4. The smallest absolute Gasteiger partial charge is 0.122 e. The molecule has 3 heteroatoms. The summed E-state index contributed by atoms with van der Waals surface area (Å²) < 4.78 is 5.19. The molecule has 0 heterocycles. The van der Waals surface area contributed by atoms with E-state index in [0.717, 1.165) is 22.4 Å². The Kier molecular flexibility index (Phi) is 4.12. The monoisotopic (exact) mass is 210 g/mol. The van der Waals surface area contributed by atoms with Crippen molar-refractivity contribution in [3.05, 3.63) is 28.8 Å². The van der Waals surface area contributed by atoms with Gasteiger partial charge in [-0.2, -0.15) is 0 Å². The molecule has 1 aromatic carbocycles. The number of hydrogen-bond donors (Lipinski definition) is 2. The van der Waals surface area contributed by atoms with Gasteiger partial charge in [-0.15, -0.1) is 0 Å². The van der Waals surface area contributed by atoms with Gasteiger partial charge < -0.3 is 14.9 Å². The van der Waals surface area contributed by atoms with E-state index in [1.807, 2.05) is 26.0 Å². The highest BCUT2D eigenvalue weighted by Crippen LogP contribution is 2.28. The van der Waals surface area contributed by atoms with Crippen LogP contribution < -0.4 is 4.74 Å². The summed E-state index contributed by atoms with van der Waals surface area (Å²) in [5.41, 5.74) is 2.92. The summed E-state index contributed by atoms with van der Waals surface area (Å²) in [6.45, 7) is 3.91. The van der Waals surface area contributed by atoms with Gasteiger partial charge in [0.15, 0.2) is 0 Å². The molecule has 3 nitrogen and oxygen atoms in total. The molecule has 0 aliphatic heterocycles. The van der Waals surface area contributed by atoms with Crippen LogP contribution in [0.5, 0.6) is 5.75 Å². The molecule has 2 N–H and O–H groups in total. The standard InChI is InChI=1S/C12H18O3/c1-8-9(2)12(15-3)5-4-10(8)11(14)6-7-13/h4-5,11,13-14H,6-7H2,1-3H3. The van der Waals surface area contributed by atoms with E-state index < -0.39 is 6.10 Å². The lowest BCUT2D eigenvalue weighted by atomic mass is 9.97. The van der Waals surface area contributed by atoms with Crippen molar-refractivity contribution in [1.29, 1.82) is 0 Å². The molecule has 0 aliphatic carbocycles. The number of aliphatic hydroxyl groups excluding tert-OH is 2. The number of ether oxygens (including phenoxy) is 1. The van der Waals surface area contributed by atoms with Crippen molar-refractivity contribution in [2.75, 3.05) is 13.7 Å². The quantitative estimate of drug-likeness (QED) is 0.795. The third-order valence-corrected chi connectivity index (χ3v) is 2.76. The Labute approximate surface area is 90.3 Å². The van der Waals surface area contributed by atoms with Crippen molar-refractivity contribution < 1.29 is 14.9 Å². The third-order valence-electron chi connectivity index (χ3n) is 2.76. The van der Waals surface area contributed by atoms with Crippen LogP contribution in [-0.2, 0) is 0 Å². The van der Waals surface area contributed by atoms with Gasteiger partial charge in [0, 0.05) is 13.0 Å². The summed E-state index contributed by atoms with van der Waals surface area (Å²) >= 11 is 0. The zero-order valence-corrected chi connectivity index (χ0v) is 9.45. The van der Waals surface area contributed by atoms with Gasteiger partial charge in [0.2, 0.25) is 0 Å². The predicted octanol–water partition coefficient (Wildman–Crippen LogP) is 1.73. The Balaban J connectivity index is 3.06. The van der Waals surface area contributed by atoms with Crippen molar-refractivity contribution in [2.45, 2.75) is 26.4 Å². The van der Waals surface area contributed by atoms with Crippen LogP contribution in [0.15, 0.2) is 12.1 Å². The Morgan fingerprint density at radius 2 is 1.93 bits per heavy atom. The van der Waals surface area contributed by atoms with Gasteiger partial charge in [0.25, 0.3) is 0 Å². The molecule has 0 radical (unpaired) electrons. The van der Waals surface area contributed by atoms with Crippen molar-refractivity contribution in [1.82, 2.24) is 0 Å². The Hall–Kier alpha value is -1.06. The van der Waals surface area contributed by atoms with Crippen LogP contribution >= 0.6 is 0 Å². The summed E-state index contributed by atoms with van der Waals surface area (Å²) in [4.78, 5) is 0. The summed E-state index contributed by atoms with van der Waals surface area (Å²) in [6, 6.07) is 3.69. The second-order valence-corrected chi connectivity index (χ2v) is 3.64. The topological polar surface area (TPSA) is 49.7 Å². The molecule has 84 valence electrons. The van der Waals surface area contributed by atoms with E-state index in [9.17, 15) is 5.11 Å². The molecule has 0 aromatic heterocycles. The minimum atomic E-state index is -0.598. The van der Waals surface area contributed by atoms with Gasteiger partial charge in [-0.1, -0.05) is 6.07 Å². The fraction of sp³-hybridized carbons (Fsp3) is 0.500. The zero-order chi connectivity index (χ0) is 11.4. The van der Waals surface area contributed by atoms with E-state index >= 15 is 0 Å². The number of hydrogen-bond acceptors (Lipinski definition) is 3. The first-order chi connectivity index (χ1) is 7.11. The molecular weight excluding hydrogens is 192 g/mol. The summed E-state index contributed by atoms with van der Waals surface area (Å²) in [5.74, 6) is 0.826. The van der Waals surface area contributed by atoms with Crippen LogP contribution in [-0.4, -0.2) is 23.9 Å².